The van der Waals surface area contributed by atoms with Crippen LogP contribution in [0, 0.1) is 5.82 Å². The van der Waals surface area contributed by atoms with Crippen LogP contribution in [0.4, 0.5) is 4.39 Å². The first-order valence-corrected chi connectivity index (χ1v) is 7.55. The average Bonchev–Trinajstić information content (AvgIpc) is 2.69. The molecule has 1 heterocycles. The second kappa shape index (κ2) is 7.45. The van der Waals surface area contributed by atoms with Crippen molar-refractivity contribution in [3.8, 4) is 5.75 Å². The first kappa shape index (κ1) is 16.5. The average molecular weight is 329 g/mol. The fourth-order valence-corrected chi connectivity index (χ4v) is 2.55. The molecule has 1 aromatic carbocycles. The molecule has 0 bridgehead atoms. The fourth-order valence-electron chi connectivity index (χ4n) is 2.38. The summed E-state index contributed by atoms with van der Waals surface area (Å²) in [4.78, 5) is 25.8. The van der Waals surface area contributed by atoms with Crippen LogP contribution in [0.5, 0.6) is 5.75 Å². The largest absolute Gasteiger partial charge is 0.484 e. The van der Waals surface area contributed by atoms with E-state index in [1.807, 2.05) is 6.92 Å². The molecule has 0 unspecified atom stereocenters. The van der Waals surface area contributed by atoms with Gasteiger partial charge in [-0.1, -0.05) is 18.5 Å². The highest BCUT2D eigenvalue weighted by atomic mass is 35.5. The van der Waals surface area contributed by atoms with E-state index in [1.54, 1.807) is 0 Å². The molecule has 1 N–H and O–H groups in total. The van der Waals surface area contributed by atoms with Crippen LogP contribution < -0.4 is 10.1 Å². The highest BCUT2D eigenvalue weighted by Crippen LogP contribution is 2.21. The normalized spacial score (nSPS) is 18.6. The van der Waals surface area contributed by atoms with Gasteiger partial charge in [-0.25, -0.2) is 4.39 Å². The number of carbonyl (C=O) groups is 2. The number of rotatable bonds is 4. The van der Waals surface area contributed by atoms with Gasteiger partial charge >= 0.3 is 0 Å². The summed E-state index contributed by atoms with van der Waals surface area (Å²) in [5, 5.41) is 2.72. The van der Waals surface area contributed by atoms with Crippen molar-refractivity contribution in [1.82, 2.24) is 10.2 Å². The Hall–Kier alpha value is -1.82. The zero-order chi connectivity index (χ0) is 16.1. The lowest BCUT2D eigenvalue weighted by atomic mass is 10.2. The van der Waals surface area contributed by atoms with Gasteiger partial charge in [0.25, 0.3) is 5.91 Å². The molecule has 1 aromatic rings. The lowest BCUT2D eigenvalue weighted by Crippen LogP contribution is -2.48. The minimum absolute atomic E-state index is 0.0643. The molecule has 5 nitrogen and oxygen atoms in total. The molecular formula is C15H18ClFN2O3. The van der Waals surface area contributed by atoms with E-state index in [2.05, 4.69) is 5.32 Å². The molecule has 1 fully saturated rings. The van der Waals surface area contributed by atoms with Crippen LogP contribution in [0.2, 0.25) is 5.02 Å². The summed E-state index contributed by atoms with van der Waals surface area (Å²) in [5.41, 5.74) is 0. The number of ether oxygens (including phenoxy) is 1. The maximum absolute atomic E-state index is 13.1. The van der Waals surface area contributed by atoms with E-state index < -0.39 is 11.9 Å². The van der Waals surface area contributed by atoms with Crippen molar-refractivity contribution < 1.29 is 18.7 Å². The molecule has 0 saturated carbocycles. The Morgan fingerprint density at radius 1 is 1.55 bits per heavy atom. The van der Waals surface area contributed by atoms with E-state index in [-0.39, 0.29) is 23.4 Å². The van der Waals surface area contributed by atoms with Crippen LogP contribution in [-0.4, -0.2) is 42.5 Å². The SMILES string of the molecule is CC[C@@H]1C(=O)NCCCN1C(=O)COc1ccc(F)c(Cl)c1. The van der Waals surface area contributed by atoms with Gasteiger partial charge in [-0.05, 0) is 25.0 Å². The summed E-state index contributed by atoms with van der Waals surface area (Å²) in [5.74, 6) is -0.648. The van der Waals surface area contributed by atoms with Crippen molar-refractivity contribution >= 4 is 23.4 Å². The summed E-state index contributed by atoms with van der Waals surface area (Å²) in [7, 11) is 0. The quantitative estimate of drug-likeness (QED) is 0.919. The van der Waals surface area contributed by atoms with Gasteiger partial charge in [-0.2, -0.15) is 0 Å². The zero-order valence-corrected chi connectivity index (χ0v) is 13.0. The fraction of sp³-hybridized carbons (Fsp3) is 0.467. The monoisotopic (exact) mass is 328 g/mol. The number of nitrogens with zero attached hydrogens (tertiary/aromatic N) is 1. The number of carbonyl (C=O) groups excluding carboxylic acids is 2. The predicted octanol–water partition coefficient (Wildman–Crippen LogP) is 1.98. The number of hydrogen-bond donors (Lipinski definition) is 1. The Kier molecular flexibility index (Phi) is 5.60. The third-order valence-electron chi connectivity index (χ3n) is 3.51. The van der Waals surface area contributed by atoms with E-state index in [0.29, 0.717) is 31.7 Å². The number of halogens is 2. The van der Waals surface area contributed by atoms with Gasteiger partial charge in [-0.3, -0.25) is 9.59 Å². The van der Waals surface area contributed by atoms with Crippen LogP contribution in [0.1, 0.15) is 19.8 Å². The molecule has 0 aromatic heterocycles. The first-order valence-electron chi connectivity index (χ1n) is 7.18. The molecular weight excluding hydrogens is 311 g/mol. The molecule has 0 aliphatic carbocycles. The maximum atomic E-state index is 13.1. The number of nitrogens with one attached hydrogen (secondary N) is 1. The molecule has 0 radical (unpaired) electrons. The number of amides is 2. The topological polar surface area (TPSA) is 58.6 Å². The van der Waals surface area contributed by atoms with E-state index in [0.717, 1.165) is 0 Å². The Labute approximate surface area is 133 Å². The van der Waals surface area contributed by atoms with Crippen LogP contribution in [0.3, 0.4) is 0 Å². The van der Waals surface area contributed by atoms with Crippen LogP contribution in [-0.2, 0) is 9.59 Å². The third-order valence-corrected chi connectivity index (χ3v) is 3.80. The zero-order valence-electron chi connectivity index (χ0n) is 12.3. The van der Waals surface area contributed by atoms with Crippen molar-refractivity contribution in [1.29, 1.82) is 0 Å². The highest BCUT2D eigenvalue weighted by molar-refractivity contribution is 6.30. The molecule has 1 saturated heterocycles. The van der Waals surface area contributed by atoms with Crippen molar-refractivity contribution in [2.45, 2.75) is 25.8 Å². The van der Waals surface area contributed by atoms with Gasteiger partial charge in [0.05, 0.1) is 5.02 Å². The molecule has 0 spiro atoms. The lowest BCUT2D eigenvalue weighted by Gasteiger charge is -2.27. The molecule has 2 rings (SSSR count). The van der Waals surface area contributed by atoms with Gasteiger partial charge < -0.3 is 15.0 Å². The third kappa shape index (κ3) is 3.88. The van der Waals surface area contributed by atoms with Gasteiger partial charge in [0.15, 0.2) is 6.61 Å². The molecule has 1 aliphatic rings. The second-order valence-electron chi connectivity index (χ2n) is 5.02. The van der Waals surface area contributed by atoms with Crippen LogP contribution >= 0.6 is 11.6 Å². The van der Waals surface area contributed by atoms with E-state index >= 15 is 0 Å². The standard InChI is InChI=1S/C15H18ClFN2O3/c1-2-13-15(21)18-6-3-7-19(13)14(20)9-22-10-4-5-12(17)11(16)8-10/h4-5,8,13H,2-3,6-7,9H2,1H3,(H,18,21)/t13-/m1/s1. The summed E-state index contributed by atoms with van der Waals surface area (Å²) in [6, 6.07) is 3.42. The van der Waals surface area contributed by atoms with E-state index in [9.17, 15) is 14.0 Å². The minimum atomic E-state index is -0.546. The first-order chi connectivity index (χ1) is 10.5. The Morgan fingerprint density at radius 3 is 3.00 bits per heavy atom. The van der Waals surface area contributed by atoms with Gasteiger partial charge in [0.2, 0.25) is 5.91 Å². The second-order valence-corrected chi connectivity index (χ2v) is 5.43. The lowest BCUT2D eigenvalue weighted by molar-refractivity contribution is -0.141. The molecule has 1 aliphatic heterocycles. The Balaban J connectivity index is 2.00. The molecule has 2 amide bonds. The molecule has 7 heteroatoms. The van der Waals surface area contributed by atoms with E-state index in [4.69, 9.17) is 16.3 Å². The van der Waals surface area contributed by atoms with Crippen molar-refractivity contribution in [3.05, 3.63) is 29.0 Å². The summed E-state index contributed by atoms with van der Waals surface area (Å²) < 4.78 is 18.4. The maximum Gasteiger partial charge on any atom is 0.261 e. The molecule has 1 atom stereocenters. The smallest absolute Gasteiger partial charge is 0.261 e. The summed E-state index contributed by atoms with van der Waals surface area (Å²) in [6.45, 7) is 2.71. The predicted molar refractivity (Wildman–Crippen MR) is 80.3 cm³/mol. The van der Waals surface area contributed by atoms with Gasteiger partial charge in [0, 0.05) is 19.2 Å². The van der Waals surface area contributed by atoms with Crippen LogP contribution in [0.25, 0.3) is 0 Å². The van der Waals surface area contributed by atoms with Crippen molar-refractivity contribution in [2.24, 2.45) is 0 Å². The molecule has 120 valence electrons. The van der Waals surface area contributed by atoms with Crippen molar-refractivity contribution in [2.75, 3.05) is 19.7 Å². The minimum Gasteiger partial charge on any atom is -0.484 e. The Morgan fingerprint density at radius 2 is 2.32 bits per heavy atom. The summed E-state index contributed by atoms with van der Waals surface area (Å²) in [6.07, 6.45) is 1.25. The number of hydrogen-bond acceptors (Lipinski definition) is 3. The Bertz CT molecular complexity index is 568. The van der Waals surface area contributed by atoms with Gasteiger partial charge in [-0.15, -0.1) is 0 Å². The summed E-state index contributed by atoms with van der Waals surface area (Å²) >= 11 is 5.66. The van der Waals surface area contributed by atoms with Gasteiger partial charge in [0.1, 0.15) is 17.6 Å². The van der Waals surface area contributed by atoms with Crippen molar-refractivity contribution in [3.63, 3.8) is 0 Å². The van der Waals surface area contributed by atoms with E-state index in [1.165, 1.54) is 23.1 Å². The van der Waals surface area contributed by atoms with Crippen LogP contribution in [0.15, 0.2) is 18.2 Å². The highest BCUT2D eigenvalue weighted by Gasteiger charge is 2.30. The molecule has 22 heavy (non-hydrogen) atoms. The number of benzene rings is 1.